The lowest BCUT2D eigenvalue weighted by Crippen LogP contribution is -2.51. The Morgan fingerprint density at radius 3 is 2.42 bits per heavy atom. The van der Waals surface area contributed by atoms with Crippen LogP contribution in [0.25, 0.3) is 12.0 Å². The van der Waals surface area contributed by atoms with Crippen LogP contribution in [0.4, 0.5) is 26.1 Å². The lowest BCUT2D eigenvalue weighted by Gasteiger charge is -2.36. The van der Waals surface area contributed by atoms with Crippen LogP contribution >= 0.6 is 0 Å². The predicted octanol–water partition coefficient (Wildman–Crippen LogP) is 2.10. The smallest absolute Gasteiger partial charge is 0.254 e. The highest BCUT2D eigenvalue weighted by Crippen LogP contribution is 2.23. The number of rotatable bonds is 7. The van der Waals surface area contributed by atoms with E-state index in [0.29, 0.717) is 49.5 Å². The van der Waals surface area contributed by atoms with E-state index in [4.69, 9.17) is 5.73 Å². The summed E-state index contributed by atoms with van der Waals surface area (Å²) in [6, 6.07) is 5.35. The third-order valence-corrected chi connectivity index (χ3v) is 6.58. The molecule has 0 radical (unpaired) electrons. The summed E-state index contributed by atoms with van der Waals surface area (Å²) in [6.45, 7) is 6.87. The summed E-state index contributed by atoms with van der Waals surface area (Å²) in [7, 11) is 0. The monoisotopic (exact) mass is 496 g/mol. The number of hydrogen-bond acceptors (Lipinski definition) is 8. The van der Waals surface area contributed by atoms with Gasteiger partial charge in [-0.25, -0.2) is 13.5 Å². The average molecular weight is 497 g/mol. The number of piperazine rings is 1. The van der Waals surface area contributed by atoms with Crippen LogP contribution in [0.2, 0.25) is 0 Å². The number of hydrogen-bond donors (Lipinski definition) is 2. The molecule has 2 fully saturated rings. The van der Waals surface area contributed by atoms with Gasteiger partial charge in [-0.1, -0.05) is 19.1 Å². The fraction of sp³-hybridized carbons (Fsp3) is 0.400. The summed E-state index contributed by atoms with van der Waals surface area (Å²) >= 11 is 0. The van der Waals surface area contributed by atoms with Gasteiger partial charge in [-0.15, -0.1) is 0 Å². The normalized spacial score (nSPS) is 17.2. The van der Waals surface area contributed by atoms with Crippen LogP contribution in [0, 0.1) is 11.6 Å². The molecule has 3 N–H and O–H groups in total. The quantitative estimate of drug-likeness (QED) is 0.513. The lowest BCUT2D eigenvalue weighted by molar-refractivity contribution is 0.141. The summed E-state index contributed by atoms with van der Waals surface area (Å²) in [5.74, 6) is 0.333. The second-order valence-electron chi connectivity index (χ2n) is 9.14. The summed E-state index contributed by atoms with van der Waals surface area (Å²) < 4.78 is 28.8. The van der Waals surface area contributed by atoms with Gasteiger partial charge in [0.2, 0.25) is 0 Å². The van der Waals surface area contributed by atoms with Crippen LogP contribution in [-0.2, 0) is 6.42 Å². The standard InChI is InChI=1S/C25H30F2N8O/c1-2-22-17(14-29-35(22)25-30-23(28)13-24(31-25)34-15-21(36)16-34)4-3-5-32-6-8-33(9-7-32)20-11-18(26)10-19(27)12-20/h3-4,10-14,21,36H,2,5-9,15-16H2,1H3,(H2,28,30,31)/b4-3+. The Labute approximate surface area is 208 Å². The molecule has 2 aliphatic heterocycles. The largest absolute Gasteiger partial charge is 0.389 e. The zero-order chi connectivity index (χ0) is 25.2. The minimum atomic E-state index is -0.554. The lowest BCUT2D eigenvalue weighted by atomic mass is 10.2. The minimum Gasteiger partial charge on any atom is -0.389 e. The molecule has 5 rings (SSSR count). The molecule has 1 aromatic carbocycles. The van der Waals surface area contributed by atoms with E-state index in [-0.39, 0.29) is 6.10 Å². The molecule has 0 amide bonds. The van der Waals surface area contributed by atoms with Gasteiger partial charge in [-0.2, -0.15) is 15.1 Å². The van der Waals surface area contributed by atoms with Gasteiger partial charge in [0.25, 0.3) is 5.95 Å². The van der Waals surface area contributed by atoms with E-state index >= 15 is 0 Å². The maximum Gasteiger partial charge on any atom is 0.254 e. The molecule has 0 atom stereocenters. The van der Waals surface area contributed by atoms with Crippen molar-refractivity contribution in [2.24, 2.45) is 0 Å². The molecule has 2 saturated heterocycles. The van der Waals surface area contributed by atoms with Gasteiger partial charge in [0.05, 0.1) is 18.0 Å². The molecule has 4 heterocycles. The third-order valence-electron chi connectivity index (χ3n) is 6.58. The number of benzene rings is 1. The molecule has 11 heteroatoms. The maximum atomic E-state index is 13.5. The van der Waals surface area contributed by atoms with E-state index in [1.54, 1.807) is 16.9 Å². The van der Waals surface area contributed by atoms with Crippen molar-refractivity contribution >= 4 is 23.4 Å². The number of nitrogens with zero attached hydrogens (tertiary/aromatic N) is 7. The molecule has 36 heavy (non-hydrogen) atoms. The van der Waals surface area contributed by atoms with Crippen molar-refractivity contribution < 1.29 is 13.9 Å². The number of aromatic nitrogens is 4. The zero-order valence-corrected chi connectivity index (χ0v) is 20.2. The summed E-state index contributed by atoms with van der Waals surface area (Å²) in [4.78, 5) is 15.3. The van der Waals surface area contributed by atoms with Crippen molar-refractivity contribution in [2.75, 3.05) is 61.3 Å². The second-order valence-corrected chi connectivity index (χ2v) is 9.14. The Balaban J connectivity index is 1.22. The van der Waals surface area contributed by atoms with Gasteiger partial charge >= 0.3 is 0 Å². The van der Waals surface area contributed by atoms with Gasteiger partial charge in [-0.05, 0) is 18.6 Å². The molecule has 0 aliphatic carbocycles. The molecule has 190 valence electrons. The first-order valence-electron chi connectivity index (χ1n) is 12.1. The average Bonchev–Trinajstić information content (AvgIpc) is 3.24. The molecule has 3 aromatic rings. The highest BCUT2D eigenvalue weighted by Gasteiger charge is 2.26. The van der Waals surface area contributed by atoms with E-state index in [0.717, 1.165) is 43.4 Å². The summed E-state index contributed by atoms with van der Waals surface area (Å²) in [6.07, 6.45) is 6.34. The van der Waals surface area contributed by atoms with Crippen molar-refractivity contribution in [3.05, 3.63) is 59.4 Å². The summed E-state index contributed by atoms with van der Waals surface area (Å²) in [5.41, 5.74) is 8.57. The molecule has 9 nitrogen and oxygen atoms in total. The van der Waals surface area contributed by atoms with Gasteiger partial charge < -0.3 is 20.6 Å². The number of aliphatic hydroxyl groups is 1. The van der Waals surface area contributed by atoms with E-state index in [1.165, 1.54) is 12.1 Å². The van der Waals surface area contributed by atoms with Crippen molar-refractivity contribution in [2.45, 2.75) is 19.4 Å². The first kappa shape index (κ1) is 24.1. The first-order chi connectivity index (χ1) is 17.4. The second kappa shape index (κ2) is 10.2. The van der Waals surface area contributed by atoms with Crippen LogP contribution in [0.3, 0.4) is 0 Å². The number of aliphatic hydroxyl groups excluding tert-OH is 1. The molecule has 2 aromatic heterocycles. The highest BCUT2D eigenvalue weighted by atomic mass is 19.1. The van der Waals surface area contributed by atoms with Crippen molar-refractivity contribution in [3.8, 4) is 5.95 Å². The van der Waals surface area contributed by atoms with E-state index < -0.39 is 11.6 Å². The molecule has 2 aliphatic rings. The zero-order valence-electron chi connectivity index (χ0n) is 20.2. The summed E-state index contributed by atoms with van der Waals surface area (Å²) in [5, 5.41) is 14.1. The first-order valence-corrected chi connectivity index (χ1v) is 12.1. The van der Waals surface area contributed by atoms with Gasteiger partial charge in [0, 0.05) is 69.2 Å². The van der Waals surface area contributed by atoms with Gasteiger partial charge in [0.1, 0.15) is 23.3 Å². The number of β-amino-alcohol motifs (C(OH)–C–C–N with tert-alkyl or cyclic N) is 1. The van der Waals surface area contributed by atoms with Crippen LogP contribution < -0.4 is 15.5 Å². The van der Waals surface area contributed by atoms with Crippen LogP contribution in [0.15, 0.2) is 36.5 Å². The number of anilines is 3. The van der Waals surface area contributed by atoms with Gasteiger partial charge in [-0.3, -0.25) is 4.90 Å². The van der Waals surface area contributed by atoms with Crippen molar-refractivity contribution in [1.29, 1.82) is 0 Å². The van der Waals surface area contributed by atoms with Crippen LogP contribution in [0.5, 0.6) is 0 Å². The fourth-order valence-corrected chi connectivity index (χ4v) is 4.63. The number of nitrogen functional groups attached to an aromatic ring is 1. The molecule has 0 unspecified atom stereocenters. The van der Waals surface area contributed by atoms with Crippen LogP contribution in [-0.4, -0.2) is 81.7 Å². The molecule has 0 bridgehead atoms. The highest BCUT2D eigenvalue weighted by molar-refractivity contribution is 5.54. The molecule has 0 saturated carbocycles. The van der Waals surface area contributed by atoms with Crippen molar-refractivity contribution in [3.63, 3.8) is 0 Å². The number of halogens is 2. The predicted molar refractivity (Wildman–Crippen MR) is 135 cm³/mol. The SMILES string of the molecule is CCc1c(/C=C/CN2CCN(c3cc(F)cc(F)c3)CC2)cnn1-c1nc(N)cc(N2CC(O)C2)n1. The van der Waals surface area contributed by atoms with Gasteiger partial charge in [0.15, 0.2) is 0 Å². The Hall–Kier alpha value is -3.57. The Morgan fingerprint density at radius 2 is 1.75 bits per heavy atom. The van der Waals surface area contributed by atoms with E-state index in [9.17, 15) is 13.9 Å². The number of nitrogens with two attached hydrogens (primary N) is 1. The molecular formula is C25H30F2N8O. The third kappa shape index (κ3) is 5.17. The van der Waals surface area contributed by atoms with E-state index in [1.807, 2.05) is 9.80 Å². The van der Waals surface area contributed by atoms with Crippen LogP contribution in [0.1, 0.15) is 18.2 Å². The Morgan fingerprint density at radius 1 is 1.03 bits per heavy atom. The molecule has 0 spiro atoms. The Bertz CT molecular complexity index is 1230. The molecular weight excluding hydrogens is 466 g/mol. The van der Waals surface area contributed by atoms with E-state index in [2.05, 4.69) is 39.0 Å². The maximum absolute atomic E-state index is 13.5. The minimum absolute atomic E-state index is 0.343. The van der Waals surface area contributed by atoms with Crippen molar-refractivity contribution in [1.82, 2.24) is 24.6 Å². The fourth-order valence-electron chi connectivity index (χ4n) is 4.63. The topological polar surface area (TPSA) is 99.6 Å². The Kier molecular flexibility index (Phi) is 6.84.